The molecule has 1 N–H and O–H groups in total. The van der Waals surface area contributed by atoms with Crippen molar-refractivity contribution in [3.8, 4) is 0 Å². The molecule has 0 saturated carbocycles. The molecule has 0 aromatic carbocycles. The third kappa shape index (κ3) is 2.84. The first-order chi connectivity index (χ1) is 8.47. The maximum atomic E-state index is 12.2. The van der Waals surface area contributed by atoms with E-state index in [0.29, 0.717) is 23.6 Å². The molecule has 0 aliphatic carbocycles. The van der Waals surface area contributed by atoms with Crippen LogP contribution in [0.2, 0.25) is 0 Å². The van der Waals surface area contributed by atoms with Gasteiger partial charge in [-0.15, -0.1) is 11.3 Å². The Hall–Kier alpha value is -1.08. The van der Waals surface area contributed by atoms with E-state index in [4.69, 9.17) is 5.11 Å². The first-order valence-electron chi connectivity index (χ1n) is 5.61. The number of hydrogen-bond acceptors (Lipinski definition) is 5. The average molecular weight is 286 g/mol. The van der Waals surface area contributed by atoms with E-state index in [2.05, 4.69) is 18.8 Å². The fraction of sp³-hybridized carbons (Fsp3) is 0.545. The summed E-state index contributed by atoms with van der Waals surface area (Å²) in [5, 5.41) is 11.3. The normalized spacial score (nSPS) is 24.0. The number of carbonyl (C=O) groups excluding carboxylic acids is 1. The van der Waals surface area contributed by atoms with Crippen molar-refractivity contribution in [1.82, 2.24) is 9.88 Å². The summed E-state index contributed by atoms with van der Waals surface area (Å²) in [7, 11) is 0. The van der Waals surface area contributed by atoms with E-state index in [9.17, 15) is 9.59 Å². The van der Waals surface area contributed by atoms with Crippen molar-refractivity contribution in [2.24, 2.45) is 0 Å². The summed E-state index contributed by atoms with van der Waals surface area (Å²) >= 11 is 2.95. The number of amides is 1. The lowest BCUT2D eigenvalue weighted by atomic mass is 10.3. The van der Waals surface area contributed by atoms with E-state index in [-0.39, 0.29) is 16.6 Å². The number of aromatic carboxylic acids is 1. The molecule has 98 valence electrons. The molecule has 0 radical (unpaired) electrons. The van der Waals surface area contributed by atoms with Crippen molar-refractivity contribution in [3.63, 3.8) is 0 Å². The lowest BCUT2D eigenvalue weighted by molar-refractivity contribution is 0.0691. The van der Waals surface area contributed by atoms with Crippen LogP contribution in [0.15, 0.2) is 5.38 Å². The van der Waals surface area contributed by atoms with Crippen LogP contribution in [0, 0.1) is 0 Å². The van der Waals surface area contributed by atoms with Gasteiger partial charge in [-0.2, -0.15) is 11.8 Å². The first-order valence-corrected chi connectivity index (χ1v) is 7.43. The van der Waals surface area contributed by atoms with Gasteiger partial charge in [-0.05, 0) is 0 Å². The number of carboxylic acid groups (broad SMARTS) is 1. The van der Waals surface area contributed by atoms with Gasteiger partial charge in [0.05, 0.1) is 0 Å². The van der Waals surface area contributed by atoms with Gasteiger partial charge in [-0.1, -0.05) is 13.8 Å². The van der Waals surface area contributed by atoms with E-state index in [1.54, 1.807) is 4.90 Å². The SMILES string of the molecule is CC1CN(C(=O)c2nc(C(=O)O)cs2)CC(C)S1. The van der Waals surface area contributed by atoms with E-state index in [0.717, 1.165) is 11.3 Å². The number of nitrogens with zero attached hydrogens (tertiary/aromatic N) is 2. The van der Waals surface area contributed by atoms with Crippen molar-refractivity contribution in [2.75, 3.05) is 13.1 Å². The number of hydrogen-bond donors (Lipinski definition) is 1. The van der Waals surface area contributed by atoms with Gasteiger partial charge in [0.25, 0.3) is 5.91 Å². The Morgan fingerprint density at radius 2 is 2.00 bits per heavy atom. The van der Waals surface area contributed by atoms with Gasteiger partial charge in [0.15, 0.2) is 10.7 Å². The topological polar surface area (TPSA) is 70.5 Å². The number of thiazole rings is 1. The monoisotopic (exact) mass is 286 g/mol. The standard InChI is InChI=1S/C11H14N2O3S2/c1-6-3-13(4-7(2)18-6)10(14)9-12-8(5-17-9)11(15)16/h5-7H,3-4H2,1-2H3,(H,15,16). The molecule has 1 saturated heterocycles. The molecule has 2 unspecified atom stereocenters. The van der Waals surface area contributed by atoms with E-state index < -0.39 is 5.97 Å². The molecule has 18 heavy (non-hydrogen) atoms. The molecule has 1 aromatic heterocycles. The summed E-state index contributed by atoms with van der Waals surface area (Å²) in [5.41, 5.74) is -0.0594. The minimum absolute atomic E-state index is 0.0594. The Morgan fingerprint density at radius 3 is 2.50 bits per heavy atom. The second kappa shape index (κ2) is 5.27. The second-order valence-corrected chi connectivity index (χ2v) is 7.05. The largest absolute Gasteiger partial charge is 0.476 e. The Bertz CT molecular complexity index is 465. The lowest BCUT2D eigenvalue weighted by Crippen LogP contribution is -2.44. The van der Waals surface area contributed by atoms with Gasteiger partial charge in [0.2, 0.25) is 0 Å². The zero-order valence-electron chi connectivity index (χ0n) is 10.1. The van der Waals surface area contributed by atoms with Crippen LogP contribution in [0.3, 0.4) is 0 Å². The van der Waals surface area contributed by atoms with Crippen LogP contribution in [0.25, 0.3) is 0 Å². The molecule has 0 bridgehead atoms. The minimum atomic E-state index is -1.10. The maximum Gasteiger partial charge on any atom is 0.355 e. The van der Waals surface area contributed by atoms with Gasteiger partial charge in [-0.3, -0.25) is 4.79 Å². The lowest BCUT2D eigenvalue weighted by Gasteiger charge is -2.34. The summed E-state index contributed by atoms with van der Waals surface area (Å²) < 4.78 is 0. The molecule has 7 heteroatoms. The first kappa shape index (κ1) is 13.4. The van der Waals surface area contributed by atoms with Gasteiger partial charge < -0.3 is 10.0 Å². The van der Waals surface area contributed by atoms with Crippen molar-refractivity contribution in [2.45, 2.75) is 24.3 Å². The van der Waals surface area contributed by atoms with Crippen molar-refractivity contribution in [3.05, 3.63) is 16.1 Å². The third-order valence-corrected chi connectivity index (χ3v) is 4.67. The predicted molar refractivity (Wildman–Crippen MR) is 71.5 cm³/mol. The molecule has 2 heterocycles. The molecule has 0 spiro atoms. The molecule has 2 atom stereocenters. The number of rotatable bonds is 2. The Balaban J connectivity index is 2.12. The zero-order chi connectivity index (χ0) is 13.3. The molecule has 1 fully saturated rings. The van der Waals surface area contributed by atoms with E-state index >= 15 is 0 Å². The number of aromatic nitrogens is 1. The zero-order valence-corrected chi connectivity index (χ0v) is 11.8. The summed E-state index contributed by atoms with van der Waals surface area (Å²) in [6.45, 7) is 5.56. The number of thioether (sulfide) groups is 1. The quantitative estimate of drug-likeness (QED) is 0.897. The molecule has 1 aromatic rings. The molecular weight excluding hydrogens is 272 g/mol. The number of carbonyl (C=O) groups is 2. The summed E-state index contributed by atoms with van der Waals surface area (Å²) in [4.78, 5) is 28.5. The molecule has 1 amide bonds. The maximum absolute atomic E-state index is 12.2. The number of carboxylic acids is 1. The van der Waals surface area contributed by atoms with E-state index in [1.165, 1.54) is 5.38 Å². The van der Waals surface area contributed by atoms with Crippen molar-refractivity contribution >= 4 is 35.0 Å². The summed E-state index contributed by atoms with van der Waals surface area (Å²) in [5.74, 6) is -1.26. The van der Waals surface area contributed by atoms with Crippen LogP contribution in [-0.4, -0.2) is 50.5 Å². The highest BCUT2D eigenvalue weighted by atomic mass is 32.2. The van der Waals surface area contributed by atoms with Crippen LogP contribution < -0.4 is 0 Å². The fourth-order valence-corrected chi connectivity index (χ4v) is 4.03. The predicted octanol–water partition coefficient (Wildman–Crippen LogP) is 1.81. The van der Waals surface area contributed by atoms with Crippen LogP contribution in [0.5, 0.6) is 0 Å². The molecule has 1 aliphatic heterocycles. The fourth-order valence-electron chi connectivity index (χ4n) is 1.95. The average Bonchev–Trinajstić information content (AvgIpc) is 2.75. The highest BCUT2D eigenvalue weighted by molar-refractivity contribution is 8.00. The second-order valence-electron chi connectivity index (χ2n) is 4.31. The van der Waals surface area contributed by atoms with Gasteiger partial charge in [0.1, 0.15) is 0 Å². The van der Waals surface area contributed by atoms with E-state index in [1.807, 2.05) is 11.8 Å². The van der Waals surface area contributed by atoms with Gasteiger partial charge in [0, 0.05) is 29.0 Å². The van der Waals surface area contributed by atoms with Crippen molar-refractivity contribution < 1.29 is 14.7 Å². The molecule has 1 aliphatic rings. The summed E-state index contributed by atoms with van der Waals surface area (Å²) in [6.07, 6.45) is 0. The summed E-state index contributed by atoms with van der Waals surface area (Å²) in [6, 6.07) is 0. The smallest absolute Gasteiger partial charge is 0.355 e. The molecule has 2 rings (SSSR count). The van der Waals surface area contributed by atoms with Crippen LogP contribution in [-0.2, 0) is 0 Å². The van der Waals surface area contributed by atoms with Crippen LogP contribution in [0.1, 0.15) is 34.1 Å². The van der Waals surface area contributed by atoms with Gasteiger partial charge >= 0.3 is 5.97 Å². The highest BCUT2D eigenvalue weighted by Crippen LogP contribution is 2.26. The van der Waals surface area contributed by atoms with Gasteiger partial charge in [-0.25, -0.2) is 9.78 Å². The third-order valence-electron chi connectivity index (χ3n) is 2.61. The van der Waals surface area contributed by atoms with Crippen molar-refractivity contribution in [1.29, 1.82) is 0 Å². The van der Waals surface area contributed by atoms with Crippen LogP contribution >= 0.6 is 23.1 Å². The molecular formula is C11H14N2O3S2. The Labute approximate surface area is 113 Å². The van der Waals surface area contributed by atoms with Crippen LogP contribution in [0.4, 0.5) is 0 Å². The highest BCUT2D eigenvalue weighted by Gasteiger charge is 2.28. The Morgan fingerprint density at radius 1 is 1.39 bits per heavy atom. The Kier molecular flexibility index (Phi) is 3.91. The minimum Gasteiger partial charge on any atom is -0.476 e. The molecule has 5 nitrogen and oxygen atoms in total.